The first kappa shape index (κ1) is 11.8. The number of hydrogen-bond donors (Lipinski definition) is 0. The van der Waals surface area contributed by atoms with Crippen LogP contribution in [-0.2, 0) is 4.79 Å². The molecular weight excluding hydrogens is 188 g/mol. The lowest BCUT2D eigenvalue weighted by atomic mass is 10.1. The van der Waals surface area contributed by atoms with Crippen LogP contribution in [0.15, 0.2) is 12.1 Å². The Balaban J connectivity index is 2.99. The predicted molar refractivity (Wildman–Crippen MR) is 61.4 cm³/mol. The van der Waals surface area contributed by atoms with E-state index < -0.39 is 0 Å². The lowest BCUT2D eigenvalue weighted by molar-refractivity contribution is -0.122. The summed E-state index contributed by atoms with van der Waals surface area (Å²) in [7, 11) is 0. The fourth-order valence-electron chi connectivity index (χ4n) is 1.40. The Bertz CT molecular complexity index is 380. The molecule has 1 aromatic carbocycles. The van der Waals surface area contributed by atoms with Crippen molar-refractivity contribution in [2.24, 2.45) is 0 Å². The number of ether oxygens (including phenoxy) is 1. The number of hydrogen-bond acceptors (Lipinski definition) is 2. The van der Waals surface area contributed by atoms with E-state index in [1.54, 1.807) is 13.8 Å². The van der Waals surface area contributed by atoms with Crippen molar-refractivity contribution in [1.82, 2.24) is 0 Å². The van der Waals surface area contributed by atoms with Gasteiger partial charge in [-0.25, -0.2) is 0 Å². The molecular formula is C13H18O2. The maximum atomic E-state index is 11.1. The highest BCUT2D eigenvalue weighted by molar-refractivity contribution is 5.80. The van der Waals surface area contributed by atoms with Crippen LogP contribution in [0.1, 0.15) is 30.5 Å². The van der Waals surface area contributed by atoms with Crippen molar-refractivity contribution in [3.8, 4) is 5.75 Å². The predicted octanol–water partition coefficient (Wildman–Crippen LogP) is 2.97. The SMILES string of the molecule is CC(=O)C(C)Oc1cc(C)cc(C)c1C. The van der Waals surface area contributed by atoms with Gasteiger partial charge >= 0.3 is 0 Å². The zero-order chi connectivity index (χ0) is 11.6. The Hall–Kier alpha value is -1.31. The van der Waals surface area contributed by atoms with E-state index in [2.05, 4.69) is 6.07 Å². The van der Waals surface area contributed by atoms with Gasteiger partial charge in [0.15, 0.2) is 11.9 Å². The summed E-state index contributed by atoms with van der Waals surface area (Å²) in [4.78, 5) is 11.1. The first-order chi connectivity index (χ1) is 6.91. The van der Waals surface area contributed by atoms with Gasteiger partial charge in [-0.05, 0) is 57.4 Å². The summed E-state index contributed by atoms with van der Waals surface area (Å²) in [5, 5.41) is 0. The van der Waals surface area contributed by atoms with Crippen molar-refractivity contribution < 1.29 is 9.53 Å². The molecule has 0 spiro atoms. The second-order valence-corrected chi connectivity index (χ2v) is 4.08. The van der Waals surface area contributed by atoms with Crippen LogP contribution in [0.3, 0.4) is 0 Å². The monoisotopic (exact) mass is 206 g/mol. The lowest BCUT2D eigenvalue weighted by Gasteiger charge is -2.15. The number of benzene rings is 1. The molecule has 15 heavy (non-hydrogen) atoms. The zero-order valence-electron chi connectivity index (χ0n) is 10.0. The van der Waals surface area contributed by atoms with Crippen LogP contribution < -0.4 is 4.74 Å². The van der Waals surface area contributed by atoms with E-state index >= 15 is 0 Å². The number of Topliss-reactive ketones (excluding diaryl/α,β-unsaturated/α-hetero) is 1. The molecule has 2 heteroatoms. The van der Waals surface area contributed by atoms with Crippen LogP contribution in [0.2, 0.25) is 0 Å². The topological polar surface area (TPSA) is 26.3 Å². The minimum Gasteiger partial charge on any atom is -0.483 e. The molecule has 0 bridgehead atoms. The fourth-order valence-corrected chi connectivity index (χ4v) is 1.40. The smallest absolute Gasteiger partial charge is 0.169 e. The number of rotatable bonds is 3. The molecule has 1 rings (SSSR count). The Morgan fingerprint density at radius 1 is 1.27 bits per heavy atom. The minimum absolute atomic E-state index is 0.0496. The van der Waals surface area contributed by atoms with Crippen molar-refractivity contribution in [3.05, 3.63) is 28.8 Å². The number of carbonyl (C=O) groups is 1. The van der Waals surface area contributed by atoms with Gasteiger partial charge in [-0.1, -0.05) is 6.07 Å². The summed E-state index contributed by atoms with van der Waals surface area (Å²) in [6.07, 6.45) is -0.370. The van der Waals surface area contributed by atoms with Crippen molar-refractivity contribution in [2.75, 3.05) is 0 Å². The Morgan fingerprint density at radius 3 is 2.40 bits per heavy atom. The van der Waals surface area contributed by atoms with Gasteiger partial charge in [0.2, 0.25) is 0 Å². The minimum atomic E-state index is -0.370. The van der Waals surface area contributed by atoms with Gasteiger partial charge < -0.3 is 4.74 Å². The van der Waals surface area contributed by atoms with Crippen molar-refractivity contribution >= 4 is 5.78 Å². The molecule has 1 atom stereocenters. The Labute approximate surface area is 91.3 Å². The summed E-state index contributed by atoms with van der Waals surface area (Å²) in [6, 6.07) is 4.09. The Morgan fingerprint density at radius 2 is 1.87 bits per heavy atom. The average Bonchev–Trinajstić information content (AvgIpc) is 2.13. The van der Waals surface area contributed by atoms with E-state index in [9.17, 15) is 4.79 Å². The molecule has 0 heterocycles. The third-order valence-corrected chi connectivity index (χ3v) is 2.64. The van der Waals surface area contributed by atoms with Crippen LogP contribution in [0.25, 0.3) is 0 Å². The second kappa shape index (κ2) is 4.47. The van der Waals surface area contributed by atoms with Crippen LogP contribution in [0, 0.1) is 20.8 Å². The van der Waals surface area contributed by atoms with Gasteiger partial charge in [0.25, 0.3) is 0 Å². The molecule has 0 saturated heterocycles. The number of carbonyl (C=O) groups excluding carboxylic acids is 1. The van der Waals surface area contributed by atoms with Crippen LogP contribution >= 0.6 is 0 Å². The molecule has 0 aliphatic rings. The first-order valence-corrected chi connectivity index (χ1v) is 5.16. The van der Waals surface area contributed by atoms with E-state index in [-0.39, 0.29) is 11.9 Å². The molecule has 0 fully saturated rings. The summed E-state index contributed by atoms with van der Waals surface area (Å²) in [6.45, 7) is 9.41. The van der Waals surface area contributed by atoms with Gasteiger partial charge in [-0.2, -0.15) is 0 Å². The van der Waals surface area contributed by atoms with Crippen LogP contribution in [-0.4, -0.2) is 11.9 Å². The summed E-state index contributed by atoms with van der Waals surface area (Å²) >= 11 is 0. The zero-order valence-corrected chi connectivity index (χ0v) is 10.0. The standard InChI is InChI=1S/C13H18O2/c1-8-6-9(2)10(3)13(7-8)15-12(5)11(4)14/h6-7,12H,1-5H3. The molecule has 0 saturated carbocycles. The maximum Gasteiger partial charge on any atom is 0.169 e. The van der Waals surface area contributed by atoms with Gasteiger partial charge in [0.1, 0.15) is 5.75 Å². The summed E-state index contributed by atoms with van der Waals surface area (Å²) in [5.41, 5.74) is 3.46. The quantitative estimate of drug-likeness (QED) is 0.760. The van der Waals surface area contributed by atoms with E-state index in [4.69, 9.17) is 4.74 Å². The van der Waals surface area contributed by atoms with Crippen LogP contribution in [0.4, 0.5) is 0 Å². The van der Waals surface area contributed by atoms with E-state index in [0.29, 0.717) is 0 Å². The molecule has 0 radical (unpaired) electrons. The van der Waals surface area contributed by atoms with Crippen molar-refractivity contribution in [3.63, 3.8) is 0 Å². The molecule has 1 aromatic rings. The van der Waals surface area contributed by atoms with E-state index in [0.717, 1.165) is 16.9 Å². The molecule has 1 unspecified atom stereocenters. The summed E-state index contributed by atoms with van der Waals surface area (Å²) in [5.74, 6) is 0.865. The molecule has 0 amide bonds. The average molecular weight is 206 g/mol. The lowest BCUT2D eigenvalue weighted by Crippen LogP contribution is -2.21. The molecule has 0 aromatic heterocycles. The van der Waals surface area contributed by atoms with Crippen molar-refractivity contribution in [1.29, 1.82) is 0 Å². The molecule has 0 aliphatic carbocycles. The van der Waals surface area contributed by atoms with Gasteiger partial charge in [0.05, 0.1) is 0 Å². The fraction of sp³-hybridized carbons (Fsp3) is 0.462. The van der Waals surface area contributed by atoms with Gasteiger partial charge in [-0.3, -0.25) is 4.79 Å². The van der Waals surface area contributed by atoms with Crippen molar-refractivity contribution in [2.45, 2.75) is 40.7 Å². The molecule has 0 aliphatic heterocycles. The summed E-state index contributed by atoms with van der Waals surface area (Å²) < 4.78 is 5.62. The third kappa shape index (κ3) is 2.82. The first-order valence-electron chi connectivity index (χ1n) is 5.16. The number of aryl methyl sites for hydroxylation is 2. The highest BCUT2D eigenvalue weighted by Gasteiger charge is 2.11. The Kier molecular flexibility index (Phi) is 3.51. The van der Waals surface area contributed by atoms with E-state index in [1.165, 1.54) is 5.56 Å². The molecule has 82 valence electrons. The highest BCUT2D eigenvalue weighted by Crippen LogP contribution is 2.24. The molecule has 0 N–H and O–H groups in total. The number of ketones is 1. The van der Waals surface area contributed by atoms with Gasteiger partial charge in [0, 0.05) is 0 Å². The third-order valence-electron chi connectivity index (χ3n) is 2.64. The second-order valence-electron chi connectivity index (χ2n) is 4.08. The van der Waals surface area contributed by atoms with Gasteiger partial charge in [-0.15, -0.1) is 0 Å². The molecule has 2 nitrogen and oxygen atoms in total. The van der Waals surface area contributed by atoms with Crippen LogP contribution in [0.5, 0.6) is 5.75 Å². The normalized spacial score (nSPS) is 12.3. The van der Waals surface area contributed by atoms with E-state index in [1.807, 2.05) is 26.8 Å². The largest absolute Gasteiger partial charge is 0.483 e. The maximum absolute atomic E-state index is 11.1. The highest BCUT2D eigenvalue weighted by atomic mass is 16.5.